The summed E-state index contributed by atoms with van der Waals surface area (Å²) in [6.07, 6.45) is 2.10. The van der Waals surface area contributed by atoms with E-state index >= 15 is 0 Å². The zero-order valence-electron chi connectivity index (χ0n) is 13.7. The Hall–Kier alpha value is -2.34. The van der Waals surface area contributed by atoms with Crippen LogP contribution in [0.5, 0.6) is 5.75 Å². The fraction of sp³-hybridized carbons (Fsp3) is 0.412. The number of hydrogen-bond donors (Lipinski definition) is 1. The molecule has 0 spiro atoms. The van der Waals surface area contributed by atoms with Gasteiger partial charge < -0.3 is 20.1 Å². The minimum absolute atomic E-state index is 0.0833. The summed E-state index contributed by atoms with van der Waals surface area (Å²) in [6.45, 7) is 4.57. The van der Waals surface area contributed by atoms with Crippen LogP contribution in [0.3, 0.4) is 0 Å². The number of methoxy groups -OCH3 is 2. The first-order chi connectivity index (χ1) is 11.0. The molecule has 0 bridgehead atoms. The maximum Gasteiger partial charge on any atom is 0.322 e. The molecular weight excluding hydrogens is 296 g/mol. The second-order valence-corrected chi connectivity index (χ2v) is 5.08. The normalized spacial score (nSPS) is 11.4. The van der Waals surface area contributed by atoms with Crippen LogP contribution < -0.4 is 10.5 Å². The molecule has 6 nitrogen and oxygen atoms in total. The summed E-state index contributed by atoms with van der Waals surface area (Å²) in [6, 6.07) is 6.72. The summed E-state index contributed by atoms with van der Waals surface area (Å²) in [5, 5.41) is 0. The number of amides is 1. The van der Waals surface area contributed by atoms with Crippen molar-refractivity contribution < 1.29 is 19.1 Å². The van der Waals surface area contributed by atoms with Crippen molar-refractivity contribution in [2.75, 3.05) is 20.8 Å². The Kier molecular flexibility index (Phi) is 7.83. The number of rotatable bonds is 9. The van der Waals surface area contributed by atoms with Gasteiger partial charge in [-0.2, -0.15) is 0 Å². The molecule has 126 valence electrons. The van der Waals surface area contributed by atoms with Gasteiger partial charge in [-0.25, -0.2) is 0 Å². The lowest BCUT2D eigenvalue weighted by Crippen LogP contribution is -2.35. The monoisotopic (exact) mass is 320 g/mol. The minimum atomic E-state index is -0.782. The fourth-order valence-electron chi connectivity index (χ4n) is 2.07. The van der Waals surface area contributed by atoms with Crippen molar-refractivity contribution in [1.29, 1.82) is 0 Å². The molecule has 0 saturated carbocycles. The molecule has 0 aliphatic rings. The first kappa shape index (κ1) is 18.7. The standard InChI is InChI=1S/C17H24N2O4/c1-4-11-19(12-13-5-7-14(22-2)8-6-13)16(20)10-9-15(18)17(21)23-3/h4-8,15H,1,9-12,18H2,2-3H3. The van der Waals surface area contributed by atoms with Crippen molar-refractivity contribution in [2.45, 2.75) is 25.4 Å². The molecule has 1 rings (SSSR count). The largest absolute Gasteiger partial charge is 0.497 e. The molecule has 1 aromatic carbocycles. The average molecular weight is 320 g/mol. The van der Waals surface area contributed by atoms with Crippen LogP contribution in [0.25, 0.3) is 0 Å². The molecule has 0 fully saturated rings. The molecular formula is C17H24N2O4. The SMILES string of the molecule is C=CCN(Cc1ccc(OC)cc1)C(=O)CCC(N)C(=O)OC. The van der Waals surface area contributed by atoms with Crippen molar-refractivity contribution in [1.82, 2.24) is 4.90 Å². The van der Waals surface area contributed by atoms with Gasteiger partial charge in [-0.15, -0.1) is 6.58 Å². The van der Waals surface area contributed by atoms with E-state index in [0.29, 0.717) is 13.1 Å². The Morgan fingerprint density at radius 3 is 2.48 bits per heavy atom. The molecule has 1 amide bonds. The summed E-state index contributed by atoms with van der Waals surface area (Å²) in [5.41, 5.74) is 6.64. The van der Waals surface area contributed by atoms with Crippen molar-refractivity contribution >= 4 is 11.9 Å². The molecule has 23 heavy (non-hydrogen) atoms. The van der Waals surface area contributed by atoms with Gasteiger partial charge in [-0.05, 0) is 24.1 Å². The summed E-state index contributed by atoms with van der Waals surface area (Å²) >= 11 is 0. The van der Waals surface area contributed by atoms with E-state index in [1.165, 1.54) is 7.11 Å². The third-order valence-corrected chi connectivity index (χ3v) is 3.41. The quantitative estimate of drug-likeness (QED) is 0.551. The van der Waals surface area contributed by atoms with E-state index in [9.17, 15) is 9.59 Å². The highest BCUT2D eigenvalue weighted by molar-refractivity contribution is 5.79. The van der Waals surface area contributed by atoms with Gasteiger partial charge in [0.25, 0.3) is 0 Å². The van der Waals surface area contributed by atoms with Crippen LogP contribution in [0.15, 0.2) is 36.9 Å². The number of esters is 1. The highest BCUT2D eigenvalue weighted by Gasteiger charge is 2.18. The van der Waals surface area contributed by atoms with Gasteiger partial charge in [0.1, 0.15) is 11.8 Å². The lowest BCUT2D eigenvalue weighted by molar-refractivity contribution is -0.142. The van der Waals surface area contributed by atoms with Crippen molar-refractivity contribution in [2.24, 2.45) is 5.73 Å². The minimum Gasteiger partial charge on any atom is -0.497 e. The van der Waals surface area contributed by atoms with E-state index in [2.05, 4.69) is 11.3 Å². The first-order valence-corrected chi connectivity index (χ1v) is 7.36. The summed E-state index contributed by atoms with van der Waals surface area (Å²) in [7, 11) is 2.88. The van der Waals surface area contributed by atoms with Gasteiger partial charge in [-0.1, -0.05) is 18.2 Å². The Bertz CT molecular complexity index is 528. The summed E-state index contributed by atoms with van der Waals surface area (Å²) in [5.74, 6) is 0.169. The summed E-state index contributed by atoms with van der Waals surface area (Å²) < 4.78 is 9.67. The molecule has 0 aliphatic heterocycles. The van der Waals surface area contributed by atoms with Crippen LogP contribution in [0.4, 0.5) is 0 Å². The zero-order valence-corrected chi connectivity index (χ0v) is 13.7. The van der Waals surface area contributed by atoms with Gasteiger partial charge >= 0.3 is 5.97 Å². The van der Waals surface area contributed by atoms with Crippen LogP contribution in [-0.4, -0.2) is 43.6 Å². The molecule has 1 atom stereocenters. The van der Waals surface area contributed by atoms with Gasteiger partial charge in [0, 0.05) is 19.5 Å². The molecule has 0 aliphatic carbocycles. The van der Waals surface area contributed by atoms with Crippen molar-refractivity contribution in [3.05, 3.63) is 42.5 Å². The van der Waals surface area contributed by atoms with Crippen molar-refractivity contribution in [3.63, 3.8) is 0 Å². The van der Waals surface area contributed by atoms with E-state index in [0.717, 1.165) is 11.3 Å². The van der Waals surface area contributed by atoms with E-state index in [1.807, 2.05) is 24.3 Å². The molecule has 6 heteroatoms. The van der Waals surface area contributed by atoms with Gasteiger partial charge in [-0.3, -0.25) is 9.59 Å². The molecule has 0 saturated heterocycles. The predicted octanol–water partition coefficient (Wildman–Crippen LogP) is 1.49. The molecule has 0 radical (unpaired) electrons. The lowest BCUT2D eigenvalue weighted by Gasteiger charge is -2.22. The average Bonchev–Trinajstić information content (AvgIpc) is 2.58. The highest BCUT2D eigenvalue weighted by atomic mass is 16.5. The second kappa shape index (κ2) is 9.63. The lowest BCUT2D eigenvalue weighted by atomic mass is 10.1. The number of carbonyl (C=O) groups is 2. The van der Waals surface area contributed by atoms with Crippen LogP contribution in [0.2, 0.25) is 0 Å². The molecule has 0 heterocycles. The molecule has 0 aromatic heterocycles. The van der Waals surface area contributed by atoms with Crippen LogP contribution in [0, 0.1) is 0 Å². The second-order valence-electron chi connectivity index (χ2n) is 5.08. The van der Waals surface area contributed by atoms with E-state index in [4.69, 9.17) is 10.5 Å². The van der Waals surface area contributed by atoms with Gasteiger partial charge in [0.15, 0.2) is 0 Å². The van der Waals surface area contributed by atoms with Crippen molar-refractivity contribution in [3.8, 4) is 5.75 Å². The van der Waals surface area contributed by atoms with E-state index in [-0.39, 0.29) is 18.7 Å². The third kappa shape index (κ3) is 6.12. The van der Waals surface area contributed by atoms with Crippen LogP contribution >= 0.6 is 0 Å². The number of benzene rings is 1. The Labute approximate surface area is 136 Å². The molecule has 1 unspecified atom stereocenters. The number of nitrogens with zero attached hydrogens (tertiary/aromatic N) is 1. The number of nitrogens with two attached hydrogens (primary N) is 1. The zero-order chi connectivity index (χ0) is 17.2. The third-order valence-electron chi connectivity index (χ3n) is 3.41. The topological polar surface area (TPSA) is 81.9 Å². The Morgan fingerprint density at radius 2 is 1.96 bits per heavy atom. The predicted molar refractivity (Wildman–Crippen MR) is 87.8 cm³/mol. The Balaban J connectivity index is 2.63. The molecule has 1 aromatic rings. The maximum absolute atomic E-state index is 12.3. The van der Waals surface area contributed by atoms with E-state index < -0.39 is 12.0 Å². The number of carbonyl (C=O) groups excluding carboxylic acids is 2. The van der Waals surface area contributed by atoms with Crippen LogP contribution in [-0.2, 0) is 20.9 Å². The Morgan fingerprint density at radius 1 is 1.30 bits per heavy atom. The van der Waals surface area contributed by atoms with Gasteiger partial charge in [0.05, 0.1) is 14.2 Å². The molecule has 2 N–H and O–H groups in total. The fourth-order valence-corrected chi connectivity index (χ4v) is 2.07. The highest BCUT2D eigenvalue weighted by Crippen LogP contribution is 2.14. The smallest absolute Gasteiger partial charge is 0.322 e. The maximum atomic E-state index is 12.3. The number of hydrogen-bond acceptors (Lipinski definition) is 5. The summed E-state index contributed by atoms with van der Waals surface area (Å²) in [4.78, 5) is 25.3. The number of ether oxygens (including phenoxy) is 2. The van der Waals surface area contributed by atoms with E-state index in [1.54, 1.807) is 18.1 Å². The van der Waals surface area contributed by atoms with Crippen LogP contribution in [0.1, 0.15) is 18.4 Å². The van der Waals surface area contributed by atoms with Gasteiger partial charge in [0.2, 0.25) is 5.91 Å². The first-order valence-electron chi connectivity index (χ1n) is 7.36.